The third kappa shape index (κ3) is 3.14. The van der Waals surface area contributed by atoms with E-state index in [4.69, 9.17) is 4.74 Å². The smallest absolute Gasteiger partial charge is 0.228 e. The summed E-state index contributed by atoms with van der Waals surface area (Å²) in [5, 5.41) is 4.54. The molecule has 2 heterocycles. The van der Waals surface area contributed by atoms with Gasteiger partial charge in [-0.3, -0.25) is 0 Å². The molecule has 16 heavy (non-hydrogen) atoms. The number of rotatable bonds is 3. The van der Waals surface area contributed by atoms with Gasteiger partial charge in [0.1, 0.15) is 0 Å². The lowest BCUT2D eigenvalue weighted by atomic mass is 10.2. The molecular formula is C9H19N3O3S. The maximum absolute atomic E-state index is 12.0. The van der Waals surface area contributed by atoms with Crippen LogP contribution in [0.3, 0.4) is 0 Å². The highest BCUT2D eigenvalue weighted by molar-refractivity contribution is 7.90. The van der Waals surface area contributed by atoms with Gasteiger partial charge in [0, 0.05) is 19.6 Å². The third-order valence-electron chi connectivity index (χ3n) is 2.96. The van der Waals surface area contributed by atoms with E-state index in [2.05, 4.69) is 10.1 Å². The van der Waals surface area contributed by atoms with Gasteiger partial charge < -0.3 is 10.1 Å². The first-order valence-corrected chi connectivity index (χ1v) is 7.28. The van der Waals surface area contributed by atoms with Crippen LogP contribution in [0.4, 0.5) is 0 Å². The predicted molar refractivity (Wildman–Crippen MR) is 60.3 cm³/mol. The fourth-order valence-electron chi connectivity index (χ4n) is 1.99. The number of morpholine rings is 1. The molecule has 7 heteroatoms. The molecule has 0 spiro atoms. The molecule has 2 saturated heterocycles. The molecular weight excluding hydrogens is 230 g/mol. The fraction of sp³-hybridized carbons (Fsp3) is 1.00. The maximum Gasteiger partial charge on any atom is 0.228 e. The van der Waals surface area contributed by atoms with E-state index in [-0.39, 0.29) is 5.25 Å². The Morgan fingerprint density at radius 2 is 2.06 bits per heavy atom. The summed E-state index contributed by atoms with van der Waals surface area (Å²) in [5.41, 5.74) is 0. The number of sulfonamides is 1. The first-order valence-electron chi connectivity index (χ1n) is 5.73. The number of nitrogens with one attached hydrogen (secondary N) is 2. The molecule has 2 aliphatic rings. The zero-order valence-corrected chi connectivity index (χ0v) is 10.1. The first-order chi connectivity index (χ1) is 7.68. The molecule has 0 amide bonds. The molecule has 0 aromatic carbocycles. The lowest BCUT2D eigenvalue weighted by Gasteiger charge is -2.30. The Balaban J connectivity index is 1.90. The largest absolute Gasteiger partial charge is 0.379 e. The Morgan fingerprint density at radius 1 is 1.31 bits per heavy atom. The van der Waals surface area contributed by atoms with Crippen molar-refractivity contribution in [1.82, 2.24) is 15.2 Å². The van der Waals surface area contributed by atoms with Crippen LogP contribution in [-0.2, 0) is 14.8 Å². The van der Waals surface area contributed by atoms with E-state index in [1.807, 2.05) is 0 Å². The molecule has 1 unspecified atom stereocenters. The second kappa shape index (κ2) is 5.42. The fourth-order valence-corrected chi connectivity index (χ4v) is 3.50. The van der Waals surface area contributed by atoms with Gasteiger partial charge >= 0.3 is 0 Å². The Labute approximate surface area is 96.4 Å². The highest BCUT2D eigenvalue weighted by atomic mass is 32.2. The molecule has 0 aromatic heterocycles. The standard InChI is InChI=1S/C9H19N3O3S/c13-16(14,9-2-1-3-10-8-9)11-12-4-6-15-7-5-12/h9-11H,1-8H2. The first kappa shape index (κ1) is 12.3. The van der Waals surface area contributed by atoms with Crippen molar-refractivity contribution in [3.8, 4) is 0 Å². The molecule has 1 atom stereocenters. The van der Waals surface area contributed by atoms with Gasteiger partial charge in [-0.1, -0.05) is 0 Å². The van der Waals surface area contributed by atoms with E-state index in [0.717, 1.165) is 19.4 Å². The monoisotopic (exact) mass is 249 g/mol. The van der Waals surface area contributed by atoms with Crippen LogP contribution in [-0.4, -0.2) is 58.1 Å². The summed E-state index contributed by atoms with van der Waals surface area (Å²) in [6.07, 6.45) is 1.67. The van der Waals surface area contributed by atoms with Crippen LogP contribution in [0, 0.1) is 0 Å². The van der Waals surface area contributed by atoms with Gasteiger partial charge in [0.05, 0.1) is 18.5 Å². The summed E-state index contributed by atoms with van der Waals surface area (Å²) in [5.74, 6) is 0. The van der Waals surface area contributed by atoms with E-state index in [1.165, 1.54) is 0 Å². The summed E-state index contributed by atoms with van der Waals surface area (Å²) >= 11 is 0. The number of ether oxygens (including phenoxy) is 1. The van der Waals surface area contributed by atoms with Crippen molar-refractivity contribution in [2.45, 2.75) is 18.1 Å². The molecule has 0 radical (unpaired) electrons. The summed E-state index contributed by atoms with van der Waals surface area (Å²) in [6, 6.07) is 0. The molecule has 0 aliphatic carbocycles. The molecule has 2 N–H and O–H groups in total. The van der Waals surface area contributed by atoms with Crippen molar-refractivity contribution in [2.24, 2.45) is 0 Å². The second-order valence-corrected chi connectivity index (χ2v) is 6.14. The quantitative estimate of drug-likeness (QED) is 0.665. The van der Waals surface area contributed by atoms with Crippen molar-refractivity contribution in [3.05, 3.63) is 0 Å². The van der Waals surface area contributed by atoms with Crippen LogP contribution in [0.5, 0.6) is 0 Å². The van der Waals surface area contributed by atoms with E-state index in [0.29, 0.717) is 32.8 Å². The molecule has 2 aliphatic heterocycles. The summed E-state index contributed by atoms with van der Waals surface area (Å²) < 4.78 is 29.2. The third-order valence-corrected chi connectivity index (χ3v) is 4.75. The van der Waals surface area contributed by atoms with Crippen LogP contribution in [0.15, 0.2) is 0 Å². The van der Waals surface area contributed by atoms with Gasteiger partial charge in [-0.2, -0.15) is 0 Å². The van der Waals surface area contributed by atoms with Gasteiger partial charge in [0.2, 0.25) is 10.0 Å². The van der Waals surface area contributed by atoms with Crippen LogP contribution in [0.2, 0.25) is 0 Å². The Kier molecular flexibility index (Phi) is 4.15. The predicted octanol–water partition coefficient (Wildman–Crippen LogP) is -1.09. The molecule has 6 nitrogen and oxygen atoms in total. The topological polar surface area (TPSA) is 70.7 Å². The highest BCUT2D eigenvalue weighted by Crippen LogP contribution is 2.11. The second-order valence-electron chi connectivity index (χ2n) is 4.20. The molecule has 0 bridgehead atoms. The van der Waals surface area contributed by atoms with Gasteiger partial charge in [-0.15, -0.1) is 4.83 Å². The van der Waals surface area contributed by atoms with Crippen LogP contribution in [0.25, 0.3) is 0 Å². The minimum Gasteiger partial charge on any atom is -0.379 e. The van der Waals surface area contributed by atoms with E-state index in [1.54, 1.807) is 5.01 Å². The molecule has 94 valence electrons. The Hall–Kier alpha value is -0.210. The molecule has 0 aromatic rings. The van der Waals surface area contributed by atoms with Crippen LogP contribution < -0.4 is 10.1 Å². The molecule has 2 fully saturated rings. The average molecular weight is 249 g/mol. The van der Waals surface area contributed by atoms with Crippen molar-refractivity contribution in [3.63, 3.8) is 0 Å². The number of piperidine rings is 1. The van der Waals surface area contributed by atoms with Crippen molar-refractivity contribution >= 4 is 10.0 Å². The van der Waals surface area contributed by atoms with Crippen molar-refractivity contribution in [1.29, 1.82) is 0 Å². The van der Waals surface area contributed by atoms with Gasteiger partial charge in [-0.25, -0.2) is 13.4 Å². The maximum atomic E-state index is 12.0. The van der Waals surface area contributed by atoms with E-state index in [9.17, 15) is 8.42 Å². The van der Waals surface area contributed by atoms with Crippen LogP contribution in [0.1, 0.15) is 12.8 Å². The highest BCUT2D eigenvalue weighted by Gasteiger charge is 2.29. The zero-order chi connectivity index (χ0) is 11.4. The summed E-state index contributed by atoms with van der Waals surface area (Å²) in [6.45, 7) is 3.90. The average Bonchev–Trinajstić information content (AvgIpc) is 2.31. The SMILES string of the molecule is O=S(=O)(NN1CCOCC1)C1CCCNC1. The van der Waals surface area contributed by atoms with E-state index < -0.39 is 10.0 Å². The summed E-state index contributed by atoms with van der Waals surface area (Å²) in [7, 11) is -3.23. The minimum absolute atomic E-state index is 0.302. The van der Waals surface area contributed by atoms with Gasteiger partial charge in [0.15, 0.2) is 0 Å². The Morgan fingerprint density at radius 3 is 2.69 bits per heavy atom. The number of hydrogen-bond donors (Lipinski definition) is 2. The number of hydrogen-bond acceptors (Lipinski definition) is 5. The number of hydrazine groups is 1. The lowest BCUT2D eigenvalue weighted by Crippen LogP contribution is -2.53. The molecule has 2 rings (SSSR count). The van der Waals surface area contributed by atoms with Crippen molar-refractivity contribution in [2.75, 3.05) is 39.4 Å². The zero-order valence-electron chi connectivity index (χ0n) is 9.31. The Bertz CT molecular complexity index is 308. The van der Waals surface area contributed by atoms with Gasteiger partial charge in [0.25, 0.3) is 0 Å². The summed E-state index contributed by atoms with van der Waals surface area (Å²) in [4.78, 5) is 2.65. The minimum atomic E-state index is -3.23. The van der Waals surface area contributed by atoms with E-state index >= 15 is 0 Å². The van der Waals surface area contributed by atoms with Crippen molar-refractivity contribution < 1.29 is 13.2 Å². The van der Waals surface area contributed by atoms with Crippen LogP contribution >= 0.6 is 0 Å². The molecule has 0 saturated carbocycles. The normalized spacial score (nSPS) is 29.1. The van der Waals surface area contributed by atoms with Gasteiger partial charge in [-0.05, 0) is 19.4 Å². The number of nitrogens with zero attached hydrogens (tertiary/aromatic N) is 1. The lowest BCUT2D eigenvalue weighted by molar-refractivity contribution is 0.0270.